The number of hydrogen-bond acceptors (Lipinski definition) is 4. The molecule has 1 aliphatic heterocycles. The number of nitrogens with one attached hydrogen (secondary N) is 1. The van der Waals surface area contributed by atoms with E-state index in [0.29, 0.717) is 16.9 Å². The topological polar surface area (TPSA) is 84.3 Å². The highest BCUT2D eigenvalue weighted by atomic mass is 79.9. The summed E-state index contributed by atoms with van der Waals surface area (Å²) in [5.41, 5.74) is 1.58. The highest BCUT2D eigenvalue weighted by Gasteiger charge is 2.35. The minimum atomic E-state index is -0.387. The number of anilines is 1. The van der Waals surface area contributed by atoms with Gasteiger partial charge >= 0.3 is 0 Å². The van der Waals surface area contributed by atoms with Gasteiger partial charge < -0.3 is 5.32 Å². The van der Waals surface area contributed by atoms with Gasteiger partial charge in [0.15, 0.2) is 5.82 Å². The summed E-state index contributed by atoms with van der Waals surface area (Å²) in [6, 6.07) is 16.1. The Kier molecular flexibility index (Phi) is 4.79. The molecule has 28 heavy (non-hydrogen) atoms. The lowest BCUT2D eigenvalue weighted by atomic mass is 10.1. The van der Waals surface area contributed by atoms with E-state index < -0.39 is 0 Å². The molecule has 0 fully saturated rings. The van der Waals surface area contributed by atoms with Gasteiger partial charge in [0.1, 0.15) is 0 Å². The van der Waals surface area contributed by atoms with Crippen LogP contribution in [0.3, 0.4) is 0 Å². The molecule has 2 aromatic carbocycles. The van der Waals surface area contributed by atoms with Crippen LogP contribution in [0, 0.1) is 0 Å². The quantitative estimate of drug-likeness (QED) is 0.619. The average Bonchev–Trinajstić information content (AvgIpc) is 3.25. The van der Waals surface area contributed by atoms with Crippen molar-refractivity contribution in [2.75, 3.05) is 11.9 Å². The van der Waals surface area contributed by atoms with Crippen LogP contribution in [0.4, 0.5) is 5.82 Å². The fourth-order valence-corrected chi connectivity index (χ4v) is 3.36. The molecule has 1 aromatic heterocycles. The predicted octanol–water partition coefficient (Wildman–Crippen LogP) is 3.26. The van der Waals surface area contributed by atoms with Gasteiger partial charge in [0.05, 0.1) is 16.8 Å². The summed E-state index contributed by atoms with van der Waals surface area (Å²) in [5, 5.41) is 6.99. The van der Waals surface area contributed by atoms with Gasteiger partial charge in [0.25, 0.3) is 11.8 Å². The van der Waals surface area contributed by atoms with Crippen LogP contribution < -0.4 is 5.32 Å². The van der Waals surface area contributed by atoms with Gasteiger partial charge in [-0.2, -0.15) is 5.10 Å². The van der Waals surface area contributed by atoms with Crippen LogP contribution in [0.5, 0.6) is 0 Å². The Labute approximate surface area is 169 Å². The first-order valence-electron chi connectivity index (χ1n) is 8.59. The van der Waals surface area contributed by atoms with Crippen molar-refractivity contribution in [3.8, 4) is 5.69 Å². The van der Waals surface area contributed by atoms with Crippen LogP contribution in [0.25, 0.3) is 5.69 Å². The van der Waals surface area contributed by atoms with Gasteiger partial charge in [-0.1, -0.05) is 34.1 Å². The van der Waals surface area contributed by atoms with Gasteiger partial charge in [0.2, 0.25) is 5.91 Å². The molecule has 0 spiro atoms. The summed E-state index contributed by atoms with van der Waals surface area (Å²) in [5.74, 6) is -0.688. The molecular formula is C20H15BrN4O3. The highest BCUT2D eigenvalue weighted by Crippen LogP contribution is 2.26. The van der Waals surface area contributed by atoms with Crippen LogP contribution >= 0.6 is 15.9 Å². The van der Waals surface area contributed by atoms with Crippen molar-refractivity contribution in [2.24, 2.45) is 0 Å². The first kappa shape index (κ1) is 18.1. The van der Waals surface area contributed by atoms with E-state index in [2.05, 4.69) is 26.3 Å². The van der Waals surface area contributed by atoms with E-state index in [1.54, 1.807) is 35.1 Å². The molecule has 7 nitrogen and oxygen atoms in total. The van der Waals surface area contributed by atoms with Gasteiger partial charge in [-0.3, -0.25) is 19.3 Å². The largest absolute Gasteiger partial charge is 0.309 e. The van der Waals surface area contributed by atoms with Crippen LogP contribution in [0.2, 0.25) is 0 Å². The van der Waals surface area contributed by atoms with Gasteiger partial charge in [-0.25, -0.2) is 4.68 Å². The Hall–Kier alpha value is -3.26. The number of halogens is 1. The molecule has 1 aliphatic rings. The van der Waals surface area contributed by atoms with Crippen LogP contribution in [0.15, 0.2) is 65.3 Å². The number of aromatic nitrogens is 2. The summed E-state index contributed by atoms with van der Waals surface area (Å²) in [7, 11) is 0. The highest BCUT2D eigenvalue weighted by molar-refractivity contribution is 9.10. The second kappa shape index (κ2) is 7.40. The van der Waals surface area contributed by atoms with Crippen molar-refractivity contribution in [1.29, 1.82) is 0 Å². The third-order valence-corrected chi connectivity index (χ3v) is 4.87. The molecule has 3 amide bonds. The summed E-state index contributed by atoms with van der Waals surface area (Å²) >= 11 is 3.30. The number of rotatable bonds is 5. The predicted molar refractivity (Wildman–Crippen MR) is 106 cm³/mol. The molecule has 0 radical (unpaired) electrons. The minimum Gasteiger partial charge on any atom is -0.309 e. The van der Waals surface area contributed by atoms with Gasteiger partial charge in [-0.15, -0.1) is 0 Å². The van der Waals surface area contributed by atoms with E-state index in [0.717, 1.165) is 15.1 Å². The van der Waals surface area contributed by atoms with Crippen molar-refractivity contribution in [2.45, 2.75) is 6.42 Å². The number of imide groups is 1. The molecule has 0 bridgehead atoms. The first-order valence-corrected chi connectivity index (χ1v) is 9.39. The molecule has 2 heterocycles. The normalized spacial score (nSPS) is 13.0. The van der Waals surface area contributed by atoms with E-state index >= 15 is 0 Å². The summed E-state index contributed by atoms with van der Waals surface area (Å²) in [4.78, 5) is 38.2. The molecule has 0 atom stereocenters. The zero-order valence-electron chi connectivity index (χ0n) is 14.6. The van der Waals surface area contributed by atoms with E-state index in [-0.39, 0.29) is 30.7 Å². The van der Waals surface area contributed by atoms with Crippen molar-refractivity contribution in [1.82, 2.24) is 14.7 Å². The van der Waals surface area contributed by atoms with Crippen molar-refractivity contribution in [3.63, 3.8) is 0 Å². The zero-order valence-corrected chi connectivity index (χ0v) is 16.2. The number of amides is 3. The maximum absolute atomic E-state index is 12.4. The Balaban J connectivity index is 1.37. The number of para-hydroxylation sites is 1. The van der Waals surface area contributed by atoms with Crippen molar-refractivity contribution < 1.29 is 14.4 Å². The standard InChI is InChI=1S/C20H15BrN4O3/c21-13-6-7-15-16(12-13)20(28)24(19(15)27)10-9-18(26)22-17-8-11-25(23-17)14-4-2-1-3-5-14/h1-8,11-12H,9-10H2,(H,22,23,26). The van der Waals surface area contributed by atoms with E-state index in [1.165, 1.54) is 0 Å². The Morgan fingerprint density at radius 1 is 1.00 bits per heavy atom. The molecule has 0 saturated carbocycles. The summed E-state index contributed by atoms with van der Waals surface area (Å²) in [6.45, 7) is 0.00912. The molecule has 1 N–H and O–H groups in total. The lowest BCUT2D eigenvalue weighted by molar-refractivity contribution is -0.116. The number of nitrogens with zero attached hydrogens (tertiary/aromatic N) is 3. The monoisotopic (exact) mass is 438 g/mol. The molecule has 0 aliphatic carbocycles. The number of carbonyl (C=O) groups excluding carboxylic acids is 3. The number of benzene rings is 2. The Bertz CT molecular complexity index is 1080. The maximum atomic E-state index is 12.4. The second-order valence-corrected chi connectivity index (χ2v) is 7.15. The molecule has 4 rings (SSSR count). The van der Waals surface area contributed by atoms with Crippen LogP contribution in [-0.4, -0.2) is 38.9 Å². The first-order chi connectivity index (χ1) is 13.5. The number of fused-ring (bicyclic) bond motifs is 1. The number of hydrogen-bond donors (Lipinski definition) is 1. The molecule has 8 heteroatoms. The summed E-state index contributed by atoms with van der Waals surface area (Å²) in [6.07, 6.45) is 1.73. The van der Waals surface area contributed by atoms with Crippen LogP contribution in [-0.2, 0) is 4.79 Å². The summed E-state index contributed by atoms with van der Waals surface area (Å²) < 4.78 is 2.37. The SMILES string of the molecule is O=C(CCN1C(=O)c2ccc(Br)cc2C1=O)Nc1ccn(-c2ccccc2)n1. The molecule has 140 valence electrons. The Morgan fingerprint density at radius 2 is 1.75 bits per heavy atom. The van der Waals surface area contributed by atoms with Gasteiger partial charge in [0, 0.05) is 29.7 Å². The average molecular weight is 439 g/mol. The zero-order chi connectivity index (χ0) is 19.7. The van der Waals surface area contributed by atoms with E-state index in [9.17, 15) is 14.4 Å². The fourth-order valence-electron chi connectivity index (χ4n) is 3.00. The van der Waals surface area contributed by atoms with Crippen molar-refractivity contribution in [3.05, 3.63) is 76.4 Å². The smallest absolute Gasteiger partial charge is 0.261 e. The molecule has 0 unspecified atom stereocenters. The lowest BCUT2D eigenvalue weighted by Crippen LogP contribution is -2.32. The Morgan fingerprint density at radius 3 is 2.54 bits per heavy atom. The van der Waals surface area contributed by atoms with E-state index in [1.807, 2.05) is 30.3 Å². The minimum absolute atomic E-state index is 0.00909. The molecule has 0 saturated heterocycles. The maximum Gasteiger partial charge on any atom is 0.261 e. The second-order valence-electron chi connectivity index (χ2n) is 6.23. The third-order valence-electron chi connectivity index (χ3n) is 4.37. The molecule has 3 aromatic rings. The van der Waals surface area contributed by atoms with Gasteiger partial charge in [-0.05, 0) is 30.3 Å². The fraction of sp³-hybridized carbons (Fsp3) is 0.100. The van der Waals surface area contributed by atoms with E-state index in [4.69, 9.17) is 0 Å². The molecular weight excluding hydrogens is 424 g/mol. The van der Waals surface area contributed by atoms with Crippen LogP contribution in [0.1, 0.15) is 27.1 Å². The lowest BCUT2D eigenvalue weighted by Gasteiger charge is -2.13. The number of carbonyl (C=O) groups is 3. The third kappa shape index (κ3) is 3.46. The van der Waals surface area contributed by atoms with Crippen molar-refractivity contribution >= 4 is 39.5 Å².